The average molecular weight is 210 g/mol. The van der Waals surface area contributed by atoms with E-state index in [2.05, 4.69) is 11.7 Å². The van der Waals surface area contributed by atoms with E-state index in [1.54, 1.807) is 0 Å². The maximum Gasteiger partial charge on any atom is 0.331 e. The topological polar surface area (TPSA) is 43.4 Å². The number of rotatable bonds is 3. The van der Waals surface area contributed by atoms with Crippen LogP contribution in [0.3, 0.4) is 0 Å². The molecule has 0 aromatic rings. The summed E-state index contributed by atoms with van der Waals surface area (Å²) in [5, 5.41) is 0. The van der Waals surface area contributed by atoms with E-state index in [1.165, 1.54) is 19.3 Å². The van der Waals surface area contributed by atoms with Crippen molar-refractivity contribution in [3.05, 3.63) is 0 Å². The number of esters is 2. The summed E-state index contributed by atoms with van der Waals surface area (Å²) in [6.07, 6.45) is 7.20. The lowest BCUT2D eigenvalue weighted by Crippen LogP contribution is -2.54. The van der Waals surface area contributed by atoms with Gasteiger partial charge in [-0.1, -0.05) is 26.2 Å². The summed E-state index contributed by atoms with van der Waals surface area (Å²) < 4.78 is 4.47. The minimum Gasteiger partial charge on any atom is -0.391 e. The van der Waals surface area contributed by atoms with Crippen LogP contribution in [-0.2, 0) is 14.3 Å². The second kappa shape index (κ2) is 3.95. The molecule has 15 heavy (non-hydrogen) atoms. The molecule has 3 heteroatoms. The molecule has 1 aliphatic heterocycles. The fourth-order valence-electron chi connectivity index (χ4n) is 2.68. The maximum atomic E-state index is 11.3. The third-order valence-corrected chi connectivity index (χ3v) is 3.89. The monoisotopic (exact) mass is 210 g/mol. The Kier molecular flexibility index (Phi) is 2.81. The molecular weight excluding hydrogens is 192 g/mol. The summed E-state index contributed by atoms with van der Waals surface area (Å²) in [5.41, 5.74) is -0.706. The number of unbranched alkanes of at least 4 members (excludes halogenated alkanes) is 1. The van der Waals surface area contributed by atoms with Crippen LogP contribution in [0.5, 0.6) is 0 Å². The molecule has 1 spiro atoms. The zero-order chi connectivity index (χ0) is 10.9. The lowest BCUT2D eigenvalue weighted by Gasteiger charge is -2.41. The molecule has 0 atom stereocenters. The van der Waals surface area contributed by atoms with Crippen molar-refractivity contribution in [2.24, 2.45) is 11.3 Å². The minimum atomic E-state index is -0.706. The molecule has 1 aliphatic carbocycles. The van der Waals surface area contributed by atoms with E-state index in [1.807, 2.05) is 0 Å². The summed E-state index contributed by atoms with van der Waals surface area (Å²) in [5.74, 6) is 0.166. The first-order chi connectivity index (χ1) is 7.19. The van der Waals surface area contributed by atoms with Crippen molar-refractivity contribution in [1.82, 2.24) is 0 Å². The zero-order valence-electron chi connectivity index (χ0n) is 9.25. The Morgan fingerprint density at radius 1 is 1.27 bits per heavy atom. The molecule has 1 saturated heterocycles. The van der Waals surface area contributed by atoms with Crippen LogP contribution in [0.15, 0.2) is 0 Å². The van der Waals surface area contributed by atoms with Gasteiger partial charge in [0.25, 0.3) is 0 Å². The highest BCUT2D eigenvalue weighted by molar-refractivity contribution is 6.13. The molecule has 0 aromatic heterocycles. The van der Waals surface area contributed by atoms with E-state index in [-0.39, 0.29) is 11.9 Å². The van der Waals surface area contributed by atoms with Crippen molar-refractivity contribution in [1.29, 1.82) is 0 Å². The highest BCUT2D eigenvalue weighted by Gasteiger charge is 2.59. The number of carbonyl (C=O) groups excluding carboxylic acids is 2. The molecule has 2 rings (SSSR count). The van der Waals surface area contributed by atoms with Crippen LogP contribution < -0.4 is 0 Å². The first-order valence-electron chi connectivity index (χ1n) is 5.96. The molecule has 84 valence electrons. The van der Waals surface area contributed by atoms with E-state index in [9.17, 15) is 9.59 Å². The summed E-state index contributed by atoms with van der Waals surface area (Å²) in [4.78, 5) is 22.6. The molecule has 0 radical (unpaired) electrons. The van der Waals surface area contributed by atoms with Crippen molar-refractivity contribution < 1.29 is 14.3 Å². The molecule has 0 bridgehead atoms. The van der Waals surface area contributed by atoms with E-state index in [0.717, 1.165) is 31.6 Å². The van der Waals surface area contributed by atoms with Gasteiger partial charge in [0.05, 0.1) is 0 Å². The van der Waals surface area contributed by atoms with Gasteiger partial charge in [-0.05, 0) is 31.6 Å². The highest BCUT2D eigenvalue weighted by Crippen LogP contribution is 2.47. The zero-order valence-corrected chi connectivity index (χ0v) is 9.25. The van der Waals surface area contributed by atoms with Crippen LogP contribution in [-0.4, -0.2) is 11.9 Å². The summed E-state index contributed by atoms with van der Waals surface area (Å²) in [6.45, 7) is 2.19. The molecule has 0 unspecified atom stereocenters. The Balaban J connectivity index is 1.86. The summed E-state index contributed by atoms with van der Waals surface area (Å²) in [6, 6.07) is 0. The van der Waals surface area contributed by atoms with Crippen molar-refractivity contribution in [2.75, 3.05) is 0 Å². The summed E-state index contributed by atoms with van der Waals surface area (Å²) >= 11 is 0. The van der Waals surface area contributed by atoms with Crippen molar-refractivity contribution in [2.45, 2.75) is 51.9 Å². The third kappa shape index (κ3) is 1.68. The van der Waals surface area contributed by atoms with Gasteiger partial charge < -0.3 is 4.74 Å². The van der Waals surface area contributed by atoms with E-state index in [0.29, 0.717) is 0 Å². The van der Waals surface area contributed by atoms with E-state index < -0.39 is 5.41 Å². The molecule has 2 aliphatic rings. The largest absolute Gasteiger partial charge is 0.391 e. The van der Waals surface area contributed by atoms with Gasteiger partial charge in [-0.25, -0.2) is 0 Å². The lowest BCUT2D eigenvalue weighted by atomic mass is 9.67. The normalized spacial score (nSPS) is 25.1. The summed E-state index contributed by atoms with van der Waals surface area (Å²) in [7, 11) is 0. The number of hydrogen-bond acceptors (Lipinski definition) is 3. The van der Waals surface area contributed by atoms with E-state index in [4.69, 9.17) is 0 Å². The van der Waals surface area contributed by atoms with Gasteiger partial charge in [0, 0.05) is 0 Å². The van der Waals surface area contributed by atoms with E-state index >= 15 is 0 Å². The number of carbonyl (C=O) groups is 2. The van der Waals surface area contributed by atoms with Crippen LogP contribution in [0.25, 0.3) is 0 Å². The molecular formula is C12H18O3. The Labute approximate surface area is 90.2 Å². The molecule has 0 N–H and O–H groups in total. The van der Waals surface area contributed by atoms with Gasteiger partial charge in [0.15, 0.2) is 5.41 Å². The van der Waals surface area contributed by atoms with Crippen LogP contribution in [0, 0.1) is 11.3 Å². The maximum absolute atomic E-state index is 11.3. The Bertz CT molecular complexity index is 259. The van der Waals surface area contributed by atoms with Crippen LogP contribution in [0.1, 0.15) is 51.9 Å². The predicted octanol–water partition coefficient (Wildman–Crippen LogP) is 2.44. The average Bonchev–Trinajstić information content (AvgIpc) is 2.27. The standard InChI is InChI=1S/C12H18O3/c1-2-3-4-9-5-7-12(8-6-9)10(13)15-11(12)14/h9H,2-8H2,1H3. The second-order valence-corrected chi connectivity index (χ2v) is 4.84. The Morgan fingerprint density at radius 2 is 1.87 bits per heavy atom. The van der Waals surface area contributed by atoms with Gasteiger partial charge in [-0.15, -0.1) is 0 Å². The first-order valence-corrected chi connectivity index (χ1v) is 5.96. The molecule has 1 heterocycles. The van der Waals surface area contributed by atoms with Crippen molar-refractivity contribution in [3.63, 3.8) is 0 Å². The van der Waals surface area contributed by atoms with Gasteiger partial charge in [-0.2, -0.15) is 0 Å². The Morgan fingerprint density at radius 3 is 2.33 bits per heavy atom. The smallest absolute Gasteiger partial charge is 0.331 e. The second-order valence-electron chi connectivity index (χ2n) is 4.84. The third-order valence-electron chi connectivity index (χ3n) is 3.89. The molecule has 2 fully saturated rings. The predicted molar refractivity (Wildman–Crippen MR) is 55.0 cm³/mol. The minimum absolute atomic E-state index is 0.276. The number of ether oxygens (including phenoxy) is 1. The number of cyclic esters (lactones) is 2. The number of hydrogen-bond donors (Lipinski definition) is 0. The lowest BCUT2D eigenvalue weighted by molar-refractivity contribution is -0.200. The van der Waals surface area contributed by atoms with Crippen molar-refractivity contribution in [3.8, 4) is 0 Å². The van der Waals surface area contributed by atoms with Gasteiger partial charge in [-0.3, -0.25) is 9.59 Å². The van der Waals surface area contributed by atoms with Gasteiger partial charge >= 0.3 is 11.9 Å². The van der Waals surface area contributed by atoms with Crippen LogP contribution in [0.2, 0.25) is 0 Å². The van der Waals surface area contributed by atoms with Crippen molar-refractivity contribution >= 4 is 11.9 Å². The fraction of sp³-hybridized carbons (Fsp3) is 0.833. The molecule has 3 nitrogen and oxygen atoms in total. The van der Waals surface area contributed by atoms with Crippen LogP contribution in [0.4, 0.5) is 0 Å². The highest BCUT2D eigenvalue weighted by atomic mass is 16.6. The SMILES string of the molecule is CCCCC1CCC2(CC1)C(=O)OC2=O. The fourth-order valence-corrected chi connectivity index (χ4v) is 2.68. The van der Waals surface area contributed by atoms with Gasteiger partial charge in [0.1, 0.15) is 0 Å². The molecule has 0 aromatic carbocycles. The quantitative estimate of drug-likeness (QED) is 0.530. The molecule has 0 amide bonds. The van der Waals surface area contributed by atoms with Crippen LogP contribution >= 0.6 is 0 Å². The van der Waals surface area contributed by atoms with Gasteiger partial charge in [0.2, 0.25) is 0 Å². The first kappa shape index (κ1) is 10.7. The molecule has 1 saturated carbocycles. The Hall–Kier alpha value is -0.860.